The highest BCUT2D eigenvalue weighted by molar-refractivity contribution is 4.86. The molecule has 1 unspecified atom stereocenters. The van der Waals surface area contributed by atoms with Gasteiger partial charge in [-0.05, 0) is 32.4 Å². The van der Waals surface area contributed by atoms with Crippen LogP contribution in [-0.2, 0) is 0 Å². The minimum absolute atomic E-state index is 0.182. The Bertz CT molecular complexity index is 187. The van der Waals surface area contributed by atoms with Gasteiger partial charge in [-0.15, -0.1) is 0 Å². The van der Waals surface area contributed by atoms with Crippen molar-refractivity contribution in [2.45, 2.75) is 38.0 Å². The van der Waals surface area contributed by atoms with Crippen molar-refractivity contribution in [1.82, 2.24) is 5.32 Å². The van der Waals surface area contributed by atoms with Gasteiger partial charge in [0.05, 0.1) is 11.5 Å². The van der Waals surface area contributed by atoms with Crippen molar-refractivity contribution < 1.29 is 18.3 Å². The molecule has 0 aromatic heterocycles. The SMILES string of the molecule is CC(CC1(O)CCNCC1)C(F)(F)F. The molecule has 1 aliphatic rings. The summed E-state index contributed by atoms with van der Waals surface area (Å²) in [4.78, 5) is 0. The zero-order valence-electron chi connectivity index (χ0n) is 8.19. The van der Waals surface area contributed by atoms with E-state index < -0.39 is 17.7 Å². The minimum Gasteiger partial charge on any atom is -0.390 e. The van der Waals surface area contributed by atoms with E-state index in [9.17, 15) is 18.3 Å². The largest absolute Gasteiger partial charge is 0.391 e. The second-order valence-corrected chi connectivity index (χ2v) is 4.12. The summed E-state index contributed by atoms with van der Waals surface area (Å²) in [6, 6.07) is 0. The molecule has 5 heteroatoms. The maximum Gasteiger partial charge on any atom is 0.391 e. The lowest BCUT2D eigenvalue weighted by atomic mass is 9.84. The Balaban J connectivity index is 2.49. The first-order chi connectivity index (χ1) is 6.33. The first-order valence-corrected chi connectivity index (χ1v) is 4.83. The Morgan fingerprint density at radius 2 is 1.86 bits per heavy atom. The van der Waals surface area contributed by atoms with Gasteiger partial charge in [0.25, 0.3) is 0 Å². The average molecular weight is 211 g/mol. The smallest absolute Gasteiger partial charge is 0.390 e. The molecule has 0 amide bonds. The van der Waals surface area contributed by atoms with Gasteiger partial charge >= 0.3 is 6.18 Å². The summed E-state index contributed by atoms with van der Waals surface area (Å²) in [5.41, 5.74) is -1.12. The van der Waals surface area contributed by atoms with Crippen LogP contribution >= 0.6 is 0 Å². The van der Waals surface area contributed by atoms with Crippen molar-refractivity contribution in [3.05, 3.63) is 0 Å². The molecule has 0 saturated carbocycles. The fourth-order valence-electron chi connectivity index (χ4n) is 1.78. The van der Waals surface area contributed by atoms with Gasteiger partial charge in [0.2, 0.25) is 0 Å². The summed E-state index contributed by atoms with van der Waals surface area (Å²) in [6.07, 6.45) is -3.56. The fraction of sp³-hybridized carbons (Fsp3) is 1.00. The van der Waals surface area contributed by atoms with Crippen LogP contribution in [0.1, 0.15) is 26.2 Å². The van der Waals surface area contributed by atoms with Gasteiger partial charge in [0.1, 0.15) is 0 Å². The molecule has 2 N–H and O–H groups in total. The van der Waals surface area contributed by atoms with Crippen LogP contribution in [0.4, 0.5) is 13.2 Å². The maximum atomic E-state index is 12.2. The standard InChI is InChI=1S/C9H16F3NO/c1-7(9(10,11)12)6-8(14)2-4-13-5-3-8/h7,13-14H,2-6H2,1H3. The van der Waals surface area contributed by atoms with Crippen molar-refractivity contribution in [2.75, 3.05) is 13.1 Å². The predicted octanol–water partition coefficient (Wildman–Crippen LogP) is 1.69. The molecule has 1 atom stereocenters. The number of alkyl halides is 3. The van der Waals surface area contributed by atoms with E-state index >= 15 is 0 Å². The van der Waals surface area contributed by atoms with Crippen LogP contribution in [-0.4, -0.2) is 30.0 Å². The van der Waals surface area contributed by atoms with Crippen LogP contribution in [0.5, 0.6) is 0 Å². The Labute approximate surface area is 81.5 Å². The lowest BCUT2D eigenvalue weighted by Crippen LogP contribution is -2.44. The molecule has 0 spiro atoms. The van der Waals surface area contributed by atoms with Gasteiger partial charge in [-0.25, -0.2) is 0 Å². The Kier molecular flexibility index (Phi) is 3.42. The number of hydrogen-bond acceptors (Lipinski definition) is 2. The van der Waals surface area contributed by atoms with Crippen LogP contribution < -0.4 is 5.32 Å². The number of rotatable bonds is 2. The fourth-order valence-corrected chi connectivity index (χ4v) is 1.78. The molecule has 1 saturated heterocycles. The van der Waals surface area contributed by atoms with Crippen molar-refractivity contribution in [2.24, 2.45) is 5.92 Å². The first-order valence-electron chi connectivity index (χ1n) is 4.83. The summed E-state index contributed by atoms with van der Waals surface area (Å²) in [6.45, 7) is 2.32. The molecule has 1 rings (SSSR count). The second kappa shape index (κ2) is 4.06. The number of piperidine rings is 1. The third-order valence-electron chi connectivity index (χ3n) is 2.78. The van der Waals surface area contributed by atoms with Gasteiger partial charge < -0.3 is 10.4 Å². The normalized spacial score (nSPS) is 24.6. The molecular formula is C9H16F3NO. The van der Waals surface area contributed by atoms with Crippen LogP contribution in [0.3, 0.4) is 0 Å². The van der Waals surface area contributed by atoms with E-state index in [1.165, 1.54) is 0 Å². The van der Waals surface area contributed by atoms with E-state index in [0.29, 0.717) is 25.9 Å². The second-order valence-electron chi connectivity index (χ2n) is 4.12. The third kappa shape index (κ3) is 3.13. The molecule has 0 aromatic rings. The van der Waals surface area contributed by atoms with Crippen molar-refractivity contribution in [3.63, 3.8) is 0 Å². The third-order valence-corrected chi connectivity index (χ3v) is 2.78. The molecule has 84 valence electrons. The quantitative estimate of drug-likeness (QED) is 0.728. The zero-order valence-corrected chi connectivity index (χ0v) is 8.19. The molecule has 14 heavy (non-hydrogen) atoms. The topological polar surface area (TPSA) is 32.3 Å². The average Bonchev–Trinajstić information content (AvgIpc) is 2.02. The summed E-state index contributed by atoms with van der Waals surface area (Å²) in [5, 5.41) is 12.9. The lowest BCUT2D eigenvalue weighted by Gasteiger charge is -2.35. The number of hydrogen-bond donors (Lipinski definition) is 2. The molecule has 2 nitrogen and oxygen atoms in total. The number of halogens is 3. The van der Waals surface area contributed by atoms with Crippen LogP contribution in [0.15, 0.2) is 0 Å². The minimum atomic E-state index is -4.19. The predicted molar refractivity (Wildman–Crippen MR) is 46.9 cm³/mol. The zero-order chi connectivity index (χ0) is 10.8. The van der Waals surface area contributed by atoms with Crippen molar-refractivity contribution in [3.8, 4) is 0 Å². The summed E-state index contributed by atoms with van der Waals surface area (Å²) in [7, 11) is 0. The van der Waals surface area contributed by atoms with Crippen LogP contribution in [0.25, 0.3) is 0 Å². The molecule has 0 aromatic carbocycles. The summed E-state index contributed by atoms with van der Waals surface area (Å²) >= 11 is 0. The molecule has 1 aliphatic heterocycles. The van der Waals surface area contributed by atoms with Gasteiger partial charge in [-0.3, -0.25) is 0 Å². The van der Waals surface area contributed by atoms with E-state index in [2.05, 4.69) is 5.32 Å². The molecular weight excluding hydrogens is 195 g/mol. The highest BCUT2D eigenvalue weighted by Gasteiger charge is 2.42. The Morgan fingerprint density at radius 3 is 2.29 bits per heavy atom. The molecule has 1 heterocycles. The van der Waals surface area contributed by atoms with Gasteiger partial charge in [0, 0.05) is 0 Å². The molecule has 1 fully saturated rings. The van der Waals surface area contributed by atoms with Crippen LogP contribution in [0, 0.1) is 5.92 Å². The lowest BCUT2D eigenvalue weighted by molar-refractivity contribution is -0.185. The van der Waals surface area contributed by atoms with Gasteiger partial charge in [0.15, 0.2) is 0 Å². The Hall–Kier alpha value is -0.290. The monoisotopic (exact) mass is 211 g/mol. The maximum absolute atomic E-state index is 12.2. The van der Waals surface area contributed by atoms with Gasteiger partial charge in [-0.1, -0.05) is 6.92 Å². The Morgan fingerprint density at radius 1 is 1.36 bits per heavy atom. The van der Waals surface area contributed by atoms with E-state index in [1.807, 2.05) is 0 Å². The van der Waals surface area contributed by atoms with E-state index in [0.717, 1.165) is 6.92 Å². The van der Waals surface area contributed by atoms with Crippen LogP contribution in [0.2, 0.25) is 0 Å². The highest BCUT2D eigenvalue weighted by atomic mass is 19.4. The summed E-state index contributed by atoms with van der Waals surface area (Å²) < 4.78 is 36.7. The van der Waals surface area contributed by atoms with Gasteiger partial charge in [-0.2, -0.15) is 13.2 Å². The molecule has 0 radical (unpaired) electrons. The summed E-state index contributed by atoms with van der Waals surface area (Å²) in [5.74, 6) is -1.43. The van der Waals surface area contributed by atoms with Crippen molar-refractivity contribution >= 4 is 0 Å². The van der Waals surface area contributed by atoms with E-state index in [4.69, 9.17) is 0 Å². The first kappa shape index (κ1) is 11.8. The molecule has 0 aliphatic carbocycles. The van der Waals surface area contributed by atoms with Crippen molar-refractivity contribution in [1.29, 1.82) is 0 Å². The van der Waals surface area contributed by atoms with E-state index in [1.54, 1.807) is 0 Å². The number of aliphatic hydroxyl groups is 1. The molecule has 0 bridgehead atoms. The van der Waals surface area contributed by atoms with E-state index in [-0.39, 0.29) is 6.42 Å². The number of nitrogens with one attached hydrogen (secondary N) is 1. The highest BCUT2D eigenvalue weighted by Crippen LogP contribution is 2.35.